The Bertz CT molecular complexity index is 421. The van der Waals surface area contributed by atoms with E-state index in [2.05, 4.69) is 0 Å². The lowest BCUT2D eigenvalue weighted by Crippen LogP contribution is -1.98. The Hall–Kier alpha value is -1.77. The Labute approximate surface area is 94.7 Å². The first-order valence-electron chi connectivity index (χ1n) is 5.40. The zero-order chi connectivity index (χ0) is 11.4. The number of carbonyl (C=O) groups excluding carboxylic acids is 1. The number of benzene rings is 1. The quantitative estimate of drug-likeness (QED) is 0.576. The smallest absolute Gasteiger partial charge is 0.330 e. The summed E-state index contributed by atoms with van der Waals surface area (Å²) in [6, 6.07) is 5.91. The average Bonchev–Trinajstić information content (AvgIpc) is 2.74. The summed E-state index contributed by atoms with van der Waals surface area (Å²) >= 11 is 0. The molecular formula is C13H14O3. The van der Waals surface area contributed by atoms with Crippen LogP contribution in [0.25, 0.3) is 6.08 Å². The minimum Gasteiger partial charge on any atom is -0.493 e. The van der Waals surface area contributed by atoms with Crippen LogP contribution in [0.15, 0.2) is 24.3 Å². The molecule has 0 saturated carbocycles. The van der Waals surface area contributed by atoms with Crippen LogP contribution in [0.3, 0.4) is 0 Å². The van der Waals surface area contributed by atoms with Crippen LogP contribution in [0.1, 0.15) is 18.1 Å². The molecular weight excluding hydrogens is 204 g/mol. The van der Waals surface area contributed by atoms with Crippen LogP contribution in [0, 0.1) is 0 Å². The third-order valence-electron chi connectivity index (χ3n) is 2.41. The van der Waals surface area contributed by atoms with Gasteiger partial charge in [-0.15, -0.1) is 0 Å². The summed E-state index contributed by atoms with van der Waals surface area (Å²) in [5.74, 6) is 0.646. The minimum atomic E-state index is -0.306. The molecule has 0 N–H and O–H groups in total. The van der Waals surface area contributed by atoms with Crippen LogP contribution >= 0.6 is 0 Å². The van der Waals surface area contributed by atoms with Crippen molar-refractivity contribution in [3.63, 3.8) is 0 Å². The number of esters is 1. The average molecular weight is 218 g/mol. The van der Waals surface area contributed by atoms with Gasteiger partial charge in [0.05, 0.1) is 13.2 Å². The normalized spacial score (nSPS) is 13.6. The standard InChI is InChI=1S/C13H14O3/c1-2-15-13(14)6-4-10-3-5-12-11(9-10)7-8-16-12/h3-6,9H,2,7-8H2,1H3/b6-4+. The van der Waals surface area contributed by atoms with Crippen LogP contribution in [0.5, 0.6) is 5.75 Å². The van der Waals surface area contributed by atoms with Gasteiger partial charge in [0.25, 0.3) is 0 Å². The second-order valence-corrected chi connectivity index (χ2v) is 3.55. The monoisotopic (exact) mass is 218 g/mol. The fraction of sp³-hybridized carbons (Fsp3) is 0.308. The number of hydrogen-bond donors (Lipinski definition) is 0. The molecule has 0 unspecified atom stereocenters. The highest BCUT2D eigenvalue weighted by atomic mass is 16.5. The predicted octanol–water partition coefficient (Wildman–Crippen LogP) is 2.20. The van der Waals surface area contributed by atoms with Crippen molar-refractivity contribution in [2.75, 3.05) is 13.2 Å². The Morgan fingerprint density at radius 1 is 1.56 bits per heavy atom. The number of carbonyl (C=O) groups is 1. The maximum atomic E-state index is 11.1. The van der Waals surface area contributed by atoms with Crippen molar-refractivity contribution < 1.29 is 14.3 Å². The Morgan fingerprint density at radius 2 is 2.44 bits per heavy atom. The van der Waals surface area contributed by atoms with Gasteiger partial charge in [0.15, 0.2) is 0 Å². The van der Waals surface area contributed by atoms with Gasteiger partial charge in [0.1, 0.15) is 5.75 Å². The van der Waals surface area contributed by atoms with Gasteiger partial charge in [-0.05, 0) is 36.3 Å². The highest BCUT2D eigenvalue weighted by Crippen LogP contribution is 2.26. The summed E-state index contributed by atoms with van der Waals surface area (Å²) in [4.78, 5) is 11.1. The first-order valence-corrected chi connectivity index (χ1v) is 5.40. The zero-order valence-electron chi connectivity index (χ0n) is 9.23. The molecule has 0 aromatic heterocycles. The van der Waals surface area contributed by atoms with Gasteiger partial charge in [-0.25, -0.2) is 4.79 Å². The number of ether oxygens (including phenoxy) is 2. The summed E-state index contributed by atoms with van der Waals surface area (Å²) < 4.78 is 10.2. The molecule has 0 radical (unpaired) electrons. The van der Waals surface area contributed by atoms with Gasteiger partial charge >= 0.3 is 5.97 Å². The first-order chi connectivity index (χ1) is 7.79. The molecule has 1 aromatic rings. The molecule has 16 heavy (non-hydrogen) atoms. The summed E-state index contributed by atoms with van der Waals surface area (Å²) in [5, 5.41) is 0. The molecule has 0 saturated heterocycles. The van der Waals surface area contributed by atoms with Crippen molar-refractivity contribution in [1.29, 1.82) is 0 Å². The SMILES string of the molecule is CCOC(=O)/C=C/c1ccc2c(c1)CCO2. The van der Waals surface area contributed by atoms with Crippen molar-refractivity contribution in [3.8, 4) is 5.75 Å². The topological polar surface area (TPSA) is 35.5 Å². The molecule has 0 atom stereocenters. The van der Waals surface area contributed by atoms with E-state index in [4.69, 9.17) is 9.47 Å². The summed E-state index contributed by atoms with van der Waals surface area (Å²) in [5.41, 5.74) is 2.20. The summed E-state index contributed by atoms with van der Waals surface area (Å²) in [6.45, 7) is 2.94. The van der Waals surface area contributed by atoms with Crippen molar-refractivity contribution in [3.05, 3.63) is 35.4 Å². The first kappa shape index (κ1) is 10.7. The highest BCUT2D eigenvalue weighted by Gasteiger charge is 2.10. The van der Waals surface area contributed by atoms with E-state index in [-0.39, 0.29) is 5.97 Å². The van der Waals surface area contributed by atoms with E-state index in [1.54, 1.807) is 13.0 Å². The maximum absolute atomic E-state index is 11.1. The van der Waals surface area contributed by atoms with Gasteiger partial charge in [-0.3, -0.25) is 0 Å². The van der Waals surface area contributed by atoms with E-state index in [1.807, 2.05) is 18.2 Å². The van der Waals surface area contributed by atoms with Gasteiger partial charge < -0.3 is 9.47 Å². The number of hydrogen-bond acceptors (Lipinski definition) is 3. The predicted molar refractivity (Wildman–Crippen MR) is 61.3 cm³/mol. The third-order valence-corrected chi connectivity index (χ3v) is 2.41. The van der Waals surface area contributed by atoms with Gasteiger partial charge in [-0.1, -0.05) is 6.07 Å². The molecule has 84 valence electrons. The lowest BCUT2D eigenvalue weighted by molar-refractivity contribution is -0.137. The molecule has 3 heteroatoms. The van der Waals surface area contributed by atoms with E-state index >= 15 is 0 Å². The van der Waals surface area contributed by atoms with E-state index < -0.39 is 0 Å². The molecule has 1 heterocycles. The van der Waals surface area contributed by atoms with Crippen LogP contribution < -0.4 is 4.74 Å². The summed E-state index contributed by atoms with van der Waals surface area (Å²) in [7, 11) is 0. The third kappa shape index (κ3) is 2.42. The van der Waals surface area contributed by atoms with E-state index in [0.29, 0.717) is 6.61 Å². The Balaban J connectivity index is 2.08. The van der Waals surface area contributed by atoms with Crippen LogP contribution in [0.4, 0.5) is 0 Å². The summed E-state index contributed by atoms with van der Waals surface area (Å²) in [6.07, 6.45) is 4.15. The van der Waals surface area contributed by atoms with Crippen molar-refractivity contribution in [2.24, 2.45) is 0 Å². The van der Waals surface area contributed by atoms with Crippen molar-refractivity contribution in [2.45, 2.75) is 13.3 Å². The van der Waals surface area contributed by atoms with Crippen molar-refractivity contribution >= 4 is 12.0 Å². The van der Waals surface area contributed by atoms with E-state index in [9.17, 15) is 4.79 Å². The Kier molecular flexibility index (Phi) is 3.25. The lowest BCUT2D eigenvalue weighted by Gasteiger charge is -1.99. The maximum Gasteiger partial charge on any atom is 0.330 e. The fourth-order valence-corrected chi connectivity index (χ4v) is 1.66. The van der Waals surface area contributed by atoms with Gasteiger partial charge in [0, 0.05) is 12.5 Å². The second kappa shape index (κ2) is 4.84. The molecule has 0 aliphatic carbocycles. The molecule has 0 amide bonds. The van der Waals surface area contributed by atoms with Crippen LogP contribution in [-0.4, -0.2) is 19.2 Å². The van der Waals surface area contributed by atoms with Crippen molar-refractivity contribution in [1.82, 2.24) is 0 Å². The molecule has 1 aliphatic rings. The van der Waals surface area contributed by atoms with Gasteiger partial charge in [-0.2, -0.15) is 0 Å². The molecule has 1 aliphatic heterocycles. The second-order valence-electron chi connectivity index (χ2n) is 3.55. The fourth-order valence-electron chi connectivity index (χ4n) is 1.66. The van der Waals surface area contributed by atoms with E-state index in [1.165, 1.54) is 11.6 Å². The lowest BCUT2D eigenvalue weighted by atomic mass is 10.1. The van der Waals surface area contributed by atoms with Gasteiger partial charge in [0.2, 0.25) is 0 Å². The molecule has 0 fully saturated rings. The minimum absolute atomic E-state index is 0.306. The molecule has 0 bridgehead atoms. The number of rotatable bonds is 3. The molecule has 2 rings (SSSR count). The molecule has 0 spiro atoms. The molecule has 1 aromatic carbocycles. The largest absolute Gasteiger partial charge is 0.493 e. The van der Waals surface area contributed by atoms with E-state index in [0.717, 1.165) is 24.3 Å². The number of fused-ring (bicyclic) bond motifs is 1. The van der Waals surface area contributed by atoms with Crippen LogP contribution in [-0.2, 0) is 16.0 Å². The highest BCUT2D eigenvalue weighted by molar-refractivity contribution is 5.87. The zero-order valence-corrected chi connectivity index (χ0v) is 9.23. The molecule has 3 nitrogen and oxygen atoms in total. The Morgan fingerprint density at radius 3 is 3.25 bits per heavy atom. The van der Waals surface area contributed by atoms with Crippen LogP contribution in [0.2, 0.25) is 0 Å².